The summed E-state index contributed by atoms with van der Waals surface area (Å²) in [5.41, 5.74) is 0. The highest BCUT2D eigenvalue weighted by molar-refractivity contribution is 7.33. The summed E-state index contributed by atoms with van der Waals surface area (Å²) in [7, 11) is 0. The summed E-state index contributed by atoms with van der Waals surface area (Å²) in [6.07, 6.45) is 0. The van der Waals surface area contributed by atoms with Crippen molar-refractivity contribution >= 4 is 43.8 Å². The minimum Gasteiger partial charge on any atom is -1.00 e. The van der Waals surface area contributed by atoms with E-state index in [1.54, 1.807) is 34.4 Å². The number of halogens is 1. The Morgan fingerprint density at radius 1 is 1.44 bits per heavy atom. The first kappa shape index (κ1) is 7.34. The minimum absolute atomic E-state index is 0. The zero-order valence-electron chi connectivity index (χ0n) is 4.20. The largest absolute Gasteiger partial charge is 1.00 e. The first-order valence-corrected chi connectivity index (χ1v) is 4.56. The number of hydrogen-bond donors (Lipinski definition) is 0. The van der Waals surface area contributed by atoms with Crippen LogP contribution in [-0.4, -0.2) is 3.76 Å². The van der Waals surface area contributed by atoms with Crippen molar-refractivity contribution in [3.63, 3.8) is 0 Å². The SMILES string of the molecule is [Cl-].c1scc2[s+]nsc12. The average molecular weight is 196 g/mol. The Labute approximate surface area is 70.7 Å². The van der Waals surface area contributed by atoms with Crippen molar-refractivity contribution in [3.8, 4) is 0 Å². The Bertz CT molecular complexity index is 237. The van der Waals surface area contributed by atoms with Gasteiger partial charge in [0.25, 0.3) is 0 Å². The van der Waals surface area contributed by atoms with Gasteiger partial charge < -0.3 is 12.4 Å². The van der Waals surface area contributed by atoms with E-state index in [4.69, 9.17) is 0 Å². The molecule has 0 atom stereocenters. The van der Waals surface area contributed by atoms with Crippen molar-refractivity contribution in [2.24, 2.45) is 0 Å². The summed E-state index contributed by atoms with van der Waals surface area (Å²) in [5.74, 6) is 0. The number of nitrogens with zero attached hydrogens (tertiary/aromatic N) is 1. The fraction of sp³-hybridized carbons (Fsp3) is 0. The van der Waals surface area contributed by atoms with Gasteiger partial charge in [0.05, 0.1) is 3.76 Å². The van der Waals surface area contributed by atoms with Crippen LogP contribution in [0.5, 0.6) is 0 Å². The van der Waals surface area contributed by atoms with E-state index in [2.05, 4.69) is 14.5 Å². The van der Waals surface area contributed by atoms with Crippen molar-refractivity contribution < 1.29 is 12.4 Å². The molecule has 5 heteroatoms. The molecule has 2 rings (SSSR count). The van der Waals surface area contributed by atoms with Crippen molar-refractivity contribution in [1.82, 2.24) is 3.76 Å². The lowest BCUT2D eigenvalue weighted by Gasteiger charge is -1.46. The van der Waals surface area contributed by atoms with E-state index in [0.717, 1.165) is 0 Å². The summed E-state index contributed by atoms with van der Waals surface area (Å²) < 4.78 is 6.69. The highest BCUT2D eigenvalue weighted by atomic mass is 35.5. The number of aromatic nitrogens is 1. The molecule has 48 valence electrons. The molecule has 0 saturated carbocycles. The van der Waals surface area contributed by atoms with Gasteiger partial charge in [0.15, 0.2) is 0 Å². The smallest absolute Gasteiger partial charge is 0.210 e. The van der Waals surface area contributed by atoms with Crippen molar-refractivity contribution in [2.75, 3.05) is 0 Å². The van der Waals surface area contributed by atoms with Crippen molar-refractivity contribution in [3.05, 3.63) is 10.8 Å². The third-order valence-corrected chi connectivity index (χ3v) is 3.70. The lowest BCUT2D eigenvalue weighted by molar-refractivity contribution is -0.00000142. The number of fused-ring (bicyclic) bond motifs is 1. The normalized spacial score (nSPS) is 9.33. The fourth-order valence-electron chi connectivity index (χ4n) is 0.506. The van der Waals surface area contributed by atoms with Crippen LogP contribution in [-0.2, 0) is 0 Å². The average Bonchev–Trinajstić information content (AvgIpc) is 2.15. The van der Waals surface area contributed by atoms with Crippen LogP contribution in [0.4, 0.5) is 0 Å². The molecule has 2 heterocycles. The van der Waals surface area contributed by atoms with E-state index in [0.29, 0.717) is 0 Å². The molecule has 1 nitrogen and oxygen atoms in total. The van der Waals surface area contributed by atoms with Crippen molar-refractivity contribution in [2.45, 2.75) is 0 Å². The van der Waals surface area contributed by atoms with Gasteiger partial charge in [0.2, 0.25) is 32.5 Å². The number of thiophene rings is 1. The molecule has 0 N–H and O–H groups in total. The third-order valence-electron chi connectivity index (χ3n) is 0.864. The molecule has 0 aliphatic carbocycles. The molecule has 0 fully saturated rings. The zero-order chi connectivity index (χ0) is 5.40. The minimum atomic E-state index is 0. The lowest BCUT2D eigenvalue weighted by Crippen LogP contribution is -3.00. The Hall–Kier alpha value is 0.230. The molecular formula is C4H2ClNS3. The summed E-state index contributed by atoms with van der Waals surface area (Å²) in [6.45, 7) is 0. The van der Waals surface area contributed by atoms with E-state index >= 15 is 0 Å². The summed E-state index contributed by atoms with van der Waals surface area (Å²) in [5, 5.41) is 4.26. The number of hydrogen-bond acceptors (Lipinski definition) is 3. The fourth-order valence-corrected chi connectivity index (χ4v) is 3.21. The molecule has 2 aromatic heterocycles. The predicted octanol–water partition coefficient (Wildman–Crippen LogP) is -0.296. The first-order chi connectivity index (χ1) is 3.97. The Morgan fingerprint density at radius 3 is 3.11 bits per heavy atom. The van der Waals surface area contributed by atoms with E-state index < -0.39 is 0 Å². The van der Waals surface area contributed by atoms with Crippen LogP contribution in [0, 0.1) is 0 Å². The molecule has 0 aliphatic rings. The van der Waals surface area contributed by atoms with Gasteiger partial charge in [-0.25, -0.2) is 0 Å². The molecule has 0 spiro atoms. The molecule has 0 amide bonds. The Morgan fingerprint density at radius 2 is 2.33 bits per heavy atom. The van der Waals surface area contributed by atoms with Crippen LogP contribution in [0.25, 0.3) is 9.40 Å². The molecule has 0 bridgehead atoms. The van der Waals surface area contributed by atoms with Gasteiger partial charge in [-0.3, -0.25) is 0 Å². The van der Waals surface area contributed by atoms with Gasteiger partial charge in [0, 0.05) is 10.8 Å². The van der Waals surface area contributed by atoms with Crippen LogP contribution >= 0.6 is 34.4 Å². The van der Waals surface area contributed by atoms with Gasteiger partial charge in [-0.2, -0.15) is 0 Å². The van der Waals surface area contributed by atoms with Crippen molar-refractivity contribution in [1.29, 1.82) is 0 Å². The molecule has 0 radical (unpaired) electrons. The lowest BCUT2D eigenvalue weighted by atomic mass is 10.7. The quantitative estimate of drug-likeness (QED) is 0.527. The highest BCUT2D eigenvalue weighted by Crippen LogP contribution is 2.25. The van der Waals surface area contributed by atoms with Crippen LogP contribution < -0.4 is 12.4 Å². The molecule has 0 unspecified atom stereocenters. The monoisotopic (exact) mass is 195 g/mol. The van der Waals surface area contributed by atoms with E-state index in [1.165, 1.54) is 9.40 Å². The van der Waals surface area contributed by atoms with Gasteiger partial charge in [-0.05, 0) is 0 Å². The van der Waals surface area contributed by atoms with Crippen LogP contribution in [0.15, 0.2) is 10.8 Å². The number of rotatable bonds is 0. The van der Waals surface area contributed by atoms with E-state index in [9.17, 15) is 0 Å². The first-order valence-electron chi connectivity index (χ1n) is 2.07. The Balaban J connectivity index is 0.000000405. The highest BCUT2D eigenvalue weighted by Gasteiger charge is 2.06. The van der Waals surface area contributed by atoms with Gasteiger partial charge in [-0.1, -0.05) is 0 Å². The van der Waals surface area contributed by atoms with Gasteiger partial charge in [-0.15, -0.1) is 11.3 Å². The molecule has 9 heavy (non-hydrogen) atoms. The second-order valence-corrected chi connectivity index (χ2v) is 3.94. The molecular weight excluding hydrogens is 194 g/mol. The molecule has 2 aromatic rings. The maximum atomic E-state index is 4.05. The maximum Gasteiger partial charge on any atom is 0.210 e. The van der Waals surface area contributed by atoms with E-state index in [-0.39, 0.29) is 12.4 Å². The summed E-state index contributed by atoms with van der Waals surface area (Å²) >= 11 is 4.89. The predicted molar refractivity (Wildman–Crippen MR) is 39.8 cm³/mol. The van der Waals surface area contributed by atoms with E-state index in [1.807, 2.05) is 0 Å². The van der Waals surface area contributed by atoms with Gasteiger partial charge in [0.1, 0.15) is 0 Å². The van der Waals surface area contributed by atoms with Gasteiger partial charge >= 0.3 is 0 Å². The second kappa shape index (κ2) is 2.88. The standard InChI is InChI=1S/C4H2NS3.ClH/c1-3-4(2-6-1)8-5-7-3;/h1-2H;1H/q+1;/p-1. The molecule has 0 aromatic carbocycles. The zero-order valence-corrected chi connectivity index (χ0v) is 7.41. The summed E-state index contributed by atoms with van der Waals surface area (Å²) in [6, 6.07) is 0. The van der Waals surface area contributed by atoms with Crippen LogP contribution in [0.3, 0.4) is 0 Å². The third kappa shape index (κ3) is 1.21. The second-order valence-electron chi connectivity index (χ2n) is 1.36. The maximum absolute atomic E-state index is 4.05. The molecule has 0 saturated heterocycles. The summed E-state index contributed by atoms with van der Waals surface area (Å²) in [4.78, 5) is 0. The topological polar surface area (TPSA) is 12.9 Å². The van der Waals surface area contributed by atoms with Crippen LogP contribution in [0.2, 0.25) is 0 Å². The van der Waals surface area contributed by atoms with Crippen LogP contribution in [0.1, 0.15) is 0 Å². The Kier molecular flexibility index (Phi) is 2.35. The molecule has 0 aliphatic heterocycles.